The highest BCUT2D eigenvalue weighted by Gasteiger charge is 2.66. The quantitative estimate of drug-likeness (QED) is 0.545. The summed E-state index contributed by atoms with van der Waals surface area (Å²) in [5, 5.41) is 18.0. The van der Waals surface area contributed by atoms with Gasteiger partial charge in [-0.25, -0.2) is 4.99 Å². The molecule has 0 radical (unpaired) electrons. The van der Waals surface area contributed by atoms with Crippen molar-refractivity contribution in [3.63, 3.8) is 0 Å². The number of hydrogen-bond donors (Lipinski definition) is 3. The molecule has 0 amide bonds. The smallest absolute Gasteiger partial charge is 0.191 e. The highest BCUT2D eigenvalue weighted by Crippen LogP contribution is 2.62. The molecule has 2 heterocycles. The summed E-state index contributed by atoms with van der Waals surface area (Å²) in [7, 11) is 0. The zero-order chi connectivity index (χ0) is 19.2. The third kappa shape index (κ3) is 3.07. The first kappa shape index (κ1) is 18.8. The molecular formula is C21H33N3O3. The van der Waals surface area contributed by atoms with Crippen LogP contribution >= 0.6 is 0 Å². The number of nitrogens with one attached hydrogen (secondary N) is 2. The molecule has 1 spiro atoms. The number of aryl methyl sites for hydroxylation is 2. The Kier molecular flexibility index (Phi) is 4.75. The predicted octanol–water partition coefficient (Wildman–Crippen LogP) is 2.62. The Labute approximate surface area is 161 Å². The number of fused-ring (bicyclic) bond motifs is 2. The summed E-state index contributed by atoms with van der Waals surface area (Å²) in [6, 6.07) is 2.33. The minimum absolute atomic E-state index is 0.284. The highest BCUT2D eigenvalue weighted by atomic mass is 16.5. The summed E-state index contributed by atoms with van der Waals surface area (Å²) in [5.41, 5.74) is 0.0534. The Morgan fingerprint density at radius 1 is 1.41 bits per heavy atom. The molecule has 3 aliphatic rings. The molecule has 6 nitrogen and oxygen atoms in total. The van der Waals surface area contributed by atoms with Crippen molar-refractivity contribution in [2.24, 2.45) is 16.3 Å². The molecule has 2 saturated carbocycles. The lowest BCUT2D eigenvalue weighted by Gasteiger charge is -2.63. The maximum absolute atomic E-state index is 11.0. The molecule has 2 aliphatic carbocycles. The molecule has 0 aromatic carbocycles. The van der Waals surface area contributed by atoms with Gasteiger partial charge in [0, 0.05) is 36.1 Å². The number of aliphatic hydroxyl groups is 1. The maximum atomic E-state index is 11.0. The molecule has 150 valence electrons. The lowest BCUT2D eigenvalue weighted by Crippen LogP contribution is -2.72. The molecule has 1 saturated heterocycles. The summed E-state index contributed by atoms with van der Waals surface area (Å²) in [4.78, 5) is 4.73. The number of ether oxygens (including phenoxy) is 1. The number of aliphatic imine (C=N–C) groups is 1. The van der Waals surface area contributed by atoms with Crippen LogP contribution in [-0.2, 0) is 10.3 Å². The third-order valence-corrected chi connectivity index (χ3v) is 6.84. The second kappa shape index (κ2) is 6.82. The third-order valence-electron chi connectivity index (χ3n) is 6.84. The van der Waals surface area contributed by atoms with Gasteiger partial charge >= 0.3 is 0 Å². The van der Waals surface area contributed by atoms with Crippen molar-refractivity contribution in [3.05, 3.63) is 23.2 Å². The Balaban J connectivity index is 1.48. The van der Waals surface area contributed by atoms with Gasteiger partial charge in [-0.1, -0.05) is 6.42 Å². The molecule has 1 aromatic heterocycles. The largest absolute Gasteiger partial charge is 0.466 e. The maximum Gasteiger partial charge on any atom is 0.191 e. The fraction of sp³-hybridized carbons (Fsp3) is 0.762. The van der Waals surface area contributed by atoms with Gasteiger partial charge in [-0.05, 0) is 53.0 Å². The van der Waals surface area contributed by atoms with Crippen molar-refractivity contribution < 1.29 is 14.3 Å². The summed E-state index contributed by atoms with van der Waals surface area (Å²) in [6.45, 7) is 9.62. The van der Waals surface area contributed by atoms with Crippen LogP contribution in [0.3, 0.4) is 0 Å². The second-order valence-electron chi connectivity index (χ2n) is 8.75. The van der Waals surface area contributed by atoms with Crippen molar-refractivity contribution >= 4 is 5.96 Å². The summed E-state index contributed by atoms with van der Waals surface area (Å²) in [6.07, 6.45) is 5.36. The zero-order valence-corrected chi connectivity index (χ0v) is 17.0. The standard InChI is InChI=1S/C21H33N3O3/c1-5-22-19(23-12-20(4,25)16-11-13(2)27-14(16)3)24-17-15-7-10-26-18(15)21(17)8-6-9-21/h11,15,17-18,25H,5-10,12H2,1-4H3,(H2,22,23,24). The van der Waals surface area contributed by atoms with Crippen LogP contribution in [0.4, 0.5) is 0 Å². The van der Waals surface area contributed by atoms with Crippen molar-refractivity contribution in [2.45, 2.75) is 71.1 Å². The normalized spacial score (nSPS) is 31.0. The molecule has 0 bridgehead atoms. The van der Waals surface area contributed by atoms with Crippen LogP contribution in [0.5, 0.6) is 0 Å². The van der Waals surface area contributed by atoms with Crippen LogP contribution in [0.25, 0.3) is 0 Å². The van der Waals surface area contributed by atoms with Gasteiger partial charge in [0.15, 0.2) is 5.96 Å². The summed E-state index contributed by atoms with van der Waals surface area (Å²) in [5.74, 6) is 2.94. The minimum Gasteiger partial charge on any atom is -0.466 e. The van der Waals surface area contributed by atoms with Crippen molar-refractivity contribution in [1.82, 2.24) is 10.6 Å². The Morgan fingerprint density at radius 3 is 2.78 bits per heavy atom. The lowest BCUT2D eigenvalue weighted by atomic mass is 9.46. The molecule has 3 fully saturated rings. The van der Waals surface area contributed by atoms with Crippen molar-refractivity contribution in [3.8, 4) is 0 Å². The Hall–Kier alpha value is -1.53. The van der Waals surface area contributed by atoms with E-state index in [0.29, 0.717) is 23.5 Å². The fourth-order valence-corrected chi connectivity index (χ4v) is 5.41. The van der Waals surface area contributed by atoms with Gasteiger partial charge in [0.1, 0.15) is 17.1 Å². The van der Waals surface area contributed by atoms with Gasteiger partial charge in [-0.15, -0.1) is 0 Å². The van der Waals surface area contributed by atoms with Crippen LogP contribution in [0, 0.1) is 25.2 Å². The first-order valence-electron chi connectivity index (χ1n) is 10.3. The molecule has 4 unspecified atom stereocenters. The molecule has 1 aliphatic heterocycles. The summed E-state index contributed by atoms with van der Waals surface area (Å²) >= 11 is 0. The van der Waals surface area contributed by atoms with E-state index in [9.17, 15) is 5.11 Å². The molecule has 6 heteroatoms. The monoisotopic (exact) mass is 375 g/mol. The Morgan fingerprint density at radius 2 is 2.19 bits per heavy atom. The fourth-order valence-electron chi connectivity index (χ4n) is 5.41. The molecule has 4 rings (SSSR count). The molecule has 3 N–H and O–H groups in total. The topological polar surface area (TPSA) is 79.0 Å². The predicted molar refractivity (Wildman–Crippen MR) is 105 cm³/mol. The van der Waals surface area contributed by atoms with E-state index in [1.807, 2.05) is 19.9 Å². The van der Waals surface area contributed by atoms with Gasteiger partial charge in [-0.2, -0.15) is 0 Å². The van der Waals surface area contributed by atoms with Crippen LogP contribution in [0.15, 0.2) is 15.5 Å². The zero-order valence-electron chi connectivity index (χ0n) is 17.0. The van der Waals surface area contributed by atoms with E-state index in [2.05, 4.69) is 17.6 Å². The van der Waals surface area contributed by atoms with E-state index < -0.39 is 5.60 Å². The van der Waals surface area contributed by atoms with E-state index in [1.165, 1.54) is 19.3 Å². The van der Waals surface area contributed by atoms with Crippen LogP contribution in [0.2, 0.25) is 0 Å². The van der Waals surface area contributed by atoms with E-state index in [4.69, 9.17) is 14.1 Å². The number of furan rings is 1. The van der Waals surface area contributed by atoms with E-state index >= 15 is 0 Å². The van der Waals surface area contributed by atoms with Gasteiger partial charge in [0.25, 0.3) is 0 Å². The highest BCUT2D eigenvalue weighted by molar-refractivity contribution is 5.80. The molecule has 4 atom stereocenters. The molecule has 1 aromatic rings. The number of rotatable bonds is 5. The number of guanidine groups is 1. The first-order valence-corrected chi connectivity index (χ1v) is 10.3. The van der Waals surface area contributed by atoms with E-state index in [-0.39, 0.29) is 6.54 Å². The van der Waals surface area contributed by atoms with E-state index in [1.54, 1.807) is 6.92 Å². The van der Waals surface area contributed by atoms with Crippen LogP contribution in [-0.4, -0.2) is 42.9 Å². The summed E-state index contributed by atoms with van der Waals surface area (Å²) < 4.78 is 11.6. The van der Waals surface area contributed by atoms with Gasteiger partial charge in [0.2, 0.25) is 0 Å². The van der Waals surface area contributed by atoms with Crippen molar-refractivity contribution in [1.29, 1.82) is 0 Å². The van der Waals surface area contributed by atoms with Crippen LogP contribution in [0.1, 0.15) is 56.6 Å². The van der Waals surface area contributed by atoms with Gasteiger partial charge in [-0.3, -0.25) is 0 Å². The number of nitrogens with zero attached hydrogens (tertiary/aromatic N) is 1. The van der Waals surface area contributed by atoms with Gasteiger partial charge in [0.05, 0.1) is 12.6 Å². The lowest BCUT2D eigenvalue weighted by molar-refractivity contribution is -0.171. The second-order valence-corrected chi connectivity index (χ2v) is 8.75. The Bertz CT molecular complexity index is 720. The van der Waals surface area contributed by atoms with E-state index in [0.717, 1.165) is 42.6 Å². The average Bonchev–Trinajstić information content (AvgIpc) is 3.13. The average molecular weight is 376 g/mol. The first-order chi connectivity index (χ1) is 12.9. The molecule has 27 heavy (non-hydrogen) atoms. The van der Waals surface area contributed by atoms with Crippen molar-refractivity contribution in [2.75, 3.05) is 19.7 Å². The molecular weight excluding hydrogens is 342 g/mol. The SMILES string of the molecule is CCNC(=NCC(C)(O)c1cc(C)oc1C)NC1C2CCOC2C12CCC2. The number of hydrogen-bond acceptors (Lipinski definition) is 4. The van der Waals surface area contributed by atoms with Crippen LogP contribution < -0.4 is 10.6 Å². The minimum atomic E-state index is -1.06. The van der Waals surface area contributed by atoms with Gasteiger partial charge < -0.3 is 24.9 Å².